The number of carbonyl (C=O) groups is 3. The number of ether oxygens (including phenoxy) is 1. The fourth-order valence-electron chi connectivity index (χ4n) is 2.74. The van der Waals surface area contributed by atoms with Crippen LogP contribution in [0.1, 0.15) is 36.5 Å². The first-order valence-electron chi connectivity index (χ1n) is 6.68. The first kappa shape index (κ1) is 14.4. The topological polar surface area (TPSA) is 60.4 Å². The molecule has 4 heteroatoms. The van der Waals surface area contributed by atoms with Crippen molar-refractivity contribution in [2.24, 2.45) is 11.3 Å². The molecule has 2 unspecified atom stereocenters. The minimum absolute atomic E-state index is 0.0143. The first-order valence-corrected chi connectivity index (χ1v) is 6.68. The Morgan fingerprint density at radius 2 is 1.90 bits per heavy atom. The molecule has 4 nitrogen and oxygen atoms in total. The molecule has 1 aromatic rings. The van der Waals surface area contributed by atoms with Crippen LogP contribution < -0.4 is 0 Å². The summed E-state index contributed by atoms with van der Waals surface area (Å²) in [6, 6.07) is 8.99. The quantitative estimate of drug-likeness (QED) is 0.482. The Morgan fingerprint density at radius 1 is 1.25 bits per heavy atom. The number of hydrogen-bond acceptors (Lipinski definition) is 4. The van der Waals surface area contributed by atoms with Gasteiger partial charge in [0, 0.05) is 17.4 Å². The van der Waals surface area contributed by atoms with Crippen LogP contribution >= 0.6 is 0 Å². The van der Waals surface area contributed by atoms with E-state index in [0.29, 0.717) is 12.0 Å². The molecule has 0 spiro atoms. The van der Waals surface area contributed by atoms with Gasteiger partial charge in [0.15, 0.2) is 5.78 Å². The van der Waals surface area contributed by atoms with Crippen molar-refractivity contribution in [1.82, 2.24) is 0 Å². The van der Waals surface area contributed by atoms with Gasteiger partial charge in [0.2, 0.25) is 0 Å². The van der Waals surface area contributed by atoms with Crippen molar-refractivity contribution in [2.45, 2.75) is 26.2 Å². The molecule has 0 aromatic heterocycles. The van der Waals surface area contributed by atoms with Crippen LogP contribution in [0.25, 0.3) is 0 Å². The first-order chi connectivity index (χ1) is 9.48. The Morgan fingerprint density at radius 3 is 2.50 bits per heavy atom. The molecule has 0 bridgehead atoms. The molecule has 0 heterocycles. The molecule has 2 rings (SSSR count). The van der Waals surface area contributed by atoms with E-state index in [0.717, 1.165) is 0 Å². The monoisotopic (exact) mass is 274 g/mol. The summed E-state index contributed by atoms with van der Waals surface area (Å²) >= 11 is 0. The predicted octanol–water partition coefficient (Wildman–Crippen LogP) is 2.42. The van der Waals surface area contributed by atoms with Crippen LogP contribution in [0.3, 0.4) is 0 Å². The van der Waals surface area contributed by atoms with E-state index < -0.39 is 17.3 Å². The molecule has 1 saturated carbocycles. The zero-order chi connectivity index (χ0) is 14.8. The Balaban J connectivity index is 2.24. The summed E-state index contributed by atoms with van der Waals surface area (Å²) in [6.45, 7) is 1.82. The Bertz CT molecular complexity index is 527. The van der Waals surface area contributed by atoms with Crippen molar-refractivity contribution in [3.63, 3.8) is 0 Å². The van der Waals surface area contributed by atoms with Crippen molar-refractivity contribution < 1.29 is 19.1 Å². The van der Waals surface area contributed by atoms with Crippen LogP contribution in [0.5, 0.6) is 0 Å². The highest BCUT2D eigenvalue weighted by Crippen LogP contribution is 2.40. The third-order valence-electron chi connectivity index (χ3n) is 4.04. The molecular weight excluding hydrogens is 256 g/mol. The number of Topliss-reactive ketones (excluding diaryl/α,β-unsaturated/α-hetero) is 2. The molecule has 0 N–H and O–H groups in total. The summed E-state index contributed by atoms with van der Waals surface area (Å²) in [7, 11) is 1.26. The average Bonchev–Trinajstić information content (AvgIpc) is 2.49. The van der Waals surface area contributed by atoms with Gasteiger partial charge in [0.05, 0.1) is 7.11 Å². The van der Waals surface area contributed by atoms with Crippen molar-refractivity contribution in [1.29, 1.82) is 0 Å². The fourth-order valence-corrected chi connectivity index (χ4v) is 2.74. The second kappa shape index (κ2) is 5.57. The van der Waals surface area contributed by atoms with Gasteiger partial charge in [-0.3, -0.25) is 14.4 Å². The molecule has 0 saturated heterocycles. The Kier molecular flexibility index (Phi) is 4.02. The summed E-state index contributed by atoms with van der Waals surface area (Å²) in [4.78, 5) is 36.1. The standard InChI is InChI=1S/C16H18O4/c1-16(14(18)11-6-4-3-5-7-11)9-8-13(17)12(10-16)15(19)20-2/h3-7,12H,8-10H2,1-2H3. The normalized spacial score (nSPS) is 26.1. The number of rotatable bonds is 3. The number of hydrogen-bond donors (Lipinski definition) is 0. The summed E-state index contributed by atoms with van der Waals surface area (Å²) < 4.78 is 4.67. The van der Waals surface area contributed by atoms with E-state index in [-0.39, 0.29) is 24.4 Å². The third kappa shape index (κ3) is 2.64. The highest BCUT2D eigenvalue weighted by Gasteiger charge is 2.45. The third-order valence-corrected chi connectivity index (χ3v) is 4.04. The number of esters is 1. The molecule has 0 aliphatic heterocycles. The summed E-state index contributed by atoms with van der Waals surface area (Å²) in [5, 5.41) is 0. The second-order valence-electron chi connectivity index (χ2n) is 5.50. The van der Waals surface area contributed by atoms with Crippen LogP contribution in [0.4, 0.5) is 0 Å². The lowest BCUT2D eigenvalue weighted by Crippen LogP contribution is -2.41. The van der Waals surface area contributed by atoms with Gasteiger partial charge in [-0.05, 0) is 12.8 Å². The average molecular weight is 274 g/mol. The van der Waals surface area contributed by atoms with Gasteiger partial charge in [-0.25, -0.2) is 0 Å². The zero-order valence-corrected chi connectivity index (χ0v) is 11.7. The van der Waals surface area contributed by atoms with Crippen LogP contribution in [0.2, 0.25) is 0 Å². The van der Waals surface area contributed by atoms with E-state index in [1.807, 2.05) is 25.1 Å². The SMILES string of the molecule is COC(=O)C1CC(C)(C(=O)c2ccccc2)CCC1=O. The fraction of sp³-hybridized carbons (Fsp3) is 0.438. The highest BCUT2D eigenvalue weighted by atomic mass is 16.5. The lowest BCUT2D eigenvalue weighted by atomic mass is 9.66. The molecule has 1 aliphatic rings. The zero-order valence-electron chi connectivity index (χ0n) is 11.7. The minimum Gasteiger partial charge on any atom is -0.468 e. The van der Waals surface area contributed by atoms with Gasteiger partial charge in [-0.2, -0.15) is 0 Å². The van der Waals surface area contributed by atoms with Gasteiger partial charge >= 0.3 is 5.97 Å². The molecular formula is C16H18O4. The van der Waals surface area contributed by atoms with Gasteiger partial charge < -0.3 is 4.74 Å². The summed E-state index contributed by atoms with van der Waals surface area (Å²) in [5.74, 6) is -1.50. The molecule has 1 aromatic carbocycles. The highest BCUT2D eigenvalue weighted by molar-refractivity contribution is 6.05. The molecule has 1 aliphatic carbocycles. The minimum atomic E-state index is -0.814. The Hall–Kier alpha value is -1.97. The second-order valence-corrected chi connectivity index (χ2v) is 5.50. The maximum atomic E-state index is 12.6. The van der Waals surface area contributed by atoms with Crippen LogP contribution in [0.15, 0.2) is 30.3 Å². The van der Waals surface area contributed by atoms with Crippen molar-refractivity contribution in [2.75, 3.05) is 7.11 Å². The maximum absolute atomic E-state index is 12.6. The van der Waals surface area contributed by atoms with E-state index in [1.165, 1.54) is 7.11 Å². The van der Waals surface area contributed by atoms with Crippen LogP contribution in [-0.4, -0.2) is 24.6 Å². The van der Waals surface area contributed by atoms with E-state index in [1.54, 1.807) is 12.1 Å². The van der Waals surface area contributed by atoms with Gasteiger partial charge in [0.25, 0.3) is 0 Å². The number of methoxy groups -OCH3 is 1. The lowest BCUT2D eigenvalue weighted by Gasteiger charge is -2.35. The summed E-state index contributed by atoms with van der Waals surface area (Å²) in [5.41, 5.74) is -0.0679. The Labute approximate surface area is 118 Å². The smallest absolute Gasteiger partial charge is 0.316 e. The van der Waals surface area contributed by atoms with E-state index in [4.69, 9.17) is 0 Å². The number of carbonyl (C=O) groups excluding carboxylic acids is 3. The van der Waals surface area contributed by atoms with E-state index in [9.17, 15) is 14.4 Å². The molecule has 0 radical (unpaired) electrons. The summed E-state index contributed by atoms with van der Waals surface area (Å²) in [6.07, 6.45) is 0.953. The largest absolute Gasteiger partial charge is 0.468 e. The van der Waals surface area contributed by atoms with E-state index >= 15 is 0 Å². The van der Waals surface area contributed by atoms with Crippen molar-refractivity contribution in [3.8, 4) is 0 Å². The van der Waals surface area contributed by atoms with Crippen LogP contribution in [0, 0.1) is 11.3 Å². The van der Waals surface area contributed by atoms with Gasteiger partial charge in [0.1, 0.15) is 11.7 Å². The van der Waals surface area contributed by atoms with Crippen molar-refractivity contribution in [3.05, 3.63) is 35.9 Å². The number of ketones is 2. The van der Waals surface area contributed by atoms with Crippen LogP contribution in [-0.2, 0) is 14.3 Å². The predicted molar refractivity (Wildman–Crippen MR) is 73.2 cm³/mol. The molecule has 0 amide bonds. The number of benzene rings is 1. The van der Waals surface area contributed by atoms with Gasteiger partial charge in [-0.15, -0.1) is 0 Å². The van der Waals surface area contributed by atoms with Gasteiger partial charge in [-0.1, -0.05) is 37.3 Å². The maximum Gasteiger partial charge on any atom is 0.316 e. The van der Waals surface area contributed by atoms with E-state index in [2.05, 4.69) is 4.74 Å². The van der Waals surface area contributed by atoms with Crippen molar-refractivity contribution >= 4 is 17.5 Å². The molecule has 1 fully saturated rings. The molecule has 20 heavy (non-hydrogen) atoms. The lowest BCUT2D eigenvalue weighted by molar-refractivity contribution is -0.152. The molecule has 106 valence electrons. The molecule has 2 atom stereocenters.